The van der Waals surface area contributed by atoms with E-state index in [1.54, 1.807) is 24.3 Å². The van der Waals surface area contributed by atoms with Gasteiger partial charge < -0.3 is 15.1 Å². The van der Waals surface area contributed by atoms with Crippen LogP contribution in [0.5, 0.6) is 0 Å². The second-order valence-corrected chi connectivity index (χ2v) is 6.26. The molecule has 0 aliphatic rings. The number of urea groups is 1. The summed E-state index contributed by atoms with van der Waals surface area (Å²) in [5.41, 5.74) is 2.01. The van der Waals surface area contributed by atoms with E-state index in [0.29, 0.717) is 17.1 Å². The lowest BCUT2D eigenvalue weighted by atomic mass is 10.1. The van der Waals surface area contributed by atoms with Crippen molar-refractivity contribution in [3.63, 3.8) is 0 Å². The Morgan fingerprint density at radius 2 is 1.52 bits per heavy atom. The van der Waals surface area contributed by atoms with Gasteiger partial charge in [-0.05, 0) is 42.0 Å². The Kier molecular flexibility index (Phi) is 5.29. The van der Waals surface area contributed by atoms with E-state index in [-0.39, 0.29) is 11.7 Å². The first-order chi connectivity index (χ1) is 14.2. The lowest BCUT2D eigenvalue weighted by molar-refractivity contribution is 0.248. The number of hydrogen-bond donors (Lipinski definition) is 2. The number of hydrogen-bond acceptors (Lipinski definition) is 4. The maximum atomic E-state index is 13.4. The fourth-order valence-corrected chi connectivity index (χ4v) is 2.81. The van der Waals surface area contributed by atoms with Crippen LogP contribution in [0, 0.1) is 5.82 Å². The minimum absolute atomic E-state index is 0.193. The molecule has 29 heavy (non-hydrogen) atoms. The molecule has 3 aromatic carbocycles. The quantitative estimate of drug-likeness (QED) is 0.515. The van der Waals surface area contributed by atoms with Crippen LogP contribution >= 0.6 is 0 Å². The second-order valence-electron chi connectivity index (χ2n) is 6.26. The number of carbonyl (C=O) groups excluding carboxylic acids is 1. The van der Waals surface area contributed by atoms with Gasteiger partial charge in [-0.3, -0.25) is 0 Å². The molecule has 0 bridgehead atoms. The first-order valence-electron chi connectivity index (χ1n) is 8.96. The van der Waals surface area contributed by atoms with Gasteiger partial charge in [0.2, 0.25) is 11.8 Å². The lowest BCUT2D eigenvalue weighted by Crippen LogP contribution is -2.33. The molecule has 1 unspecified atom stereocenters. The Balaban J connectivity index is 1.61. The van der Waals surface area contributed by atoms with Gasteiger partial charge in [0.05, 0.1) is 0 Å². The van der Waals surface area contributed by atoms with Gasteiger partial charge in [-0.1, -0.05) is 48.5 Å². The van der Waals surface area contributed by atoms with Crippen molar-refractivity contribution in [2.45, 2.75) is 6.04 Å². The van der Waals surface area contributed by atoms with Crippen LogP contribution in [0.3, 0.4) is 0 Å². The third-order valence-electron chi connectivity index (χ3n) is 4.22. The summed E-state index contributed by atoms with van der Waals surface area (Å²) in [6.45, 7) is 0. The minimum Gasteiger partial charge on any atom is -0.418 e. The summed E-state index contributed by atoms with van der Waals surface area (Å²) in [5.74, 6) is 0.147. The molecule has 6 nitrogen and oxygen atoms in total. The number of rotatable bonds is 5. The maximum Gasteiger partial charge on any atom is 0.320 e. The number of nitrogens with one attached hydrogen (secondary N) is 2. The van der Waals surface area contributed by atoms with Crippen molar-refractivity contribution in [1.29, 1.82) is 0 Å². The van der Waals surface area contributed by atoms with E-state index in [4.69, 9.17) is 4.42 Å². The van der Waals surface area contributed by atoms with Crippen molar-refractivity contribution < 1.29 is 13.6 Å². The van der Waals surface area contributed by atoms with Crippen LogP contribution in [0.4, 0.5) is 14.9 Å². The fraction of sp³-hybridized carbons (Fsp3) is 0.0455. The van der Waals surface area contributed by atoms with Crippen LogP contribution in [0.1, 0.15) is 17.5 Å². The standard InChI is InChI=1S/C22H17FN4O2/c23-17-13-11-15(12-14-17)19(25-22(28)24-18-9-5-2-6-10-18)21-27-26-20(29-21)16-7-3-1-4-8-16/h1-14,19H,(H2,24,25,28). The maximum absolute atomic E-state index is 13.4. The highest BCUT2D eigenvalue weighted by molar-refractivity contribution is 5.89. The molecular formula is C22H17FN4O2. The Morgan fingerprint density at radius 3 is 2.21 bits per heavy atom. The Labute approximate surface area is 166 Å². The van der Waals surface area contributed by atoms with Gasteiger partial charge in [0.15, 0.2) is 0 Å². The Bertz CT molecular complexity index is 1080. The zero-order chi connectivity index (χ0) is 20.1. The highest BCUT2D eigenvalue weighted by atomic mass is 19.1. The van der Waals surface area contributed by atoms with E-state index in [0.717, 1.165) is 5.56 Å². The number of para-hydroxylation sites is 1. The Hall–Kier alpha value is -4.00. The van der Waals surface area contributed by atoms with Crippen LogP contribution in [0.25, 0.3) is 11.5 Å². The SMILES string of the molecule is O=C(Nc1ccccc1)NC(c1ccc(F)cc1)c1nnc(-c2ccccc2)o1. The van der Waals surface area contributed by atoms with Crippen molar-refractivity contribution in [2.75, 3.05) is 5.32 Å². The summed E-state index contributed by atoms with van der Waals surface area (Å²) in [6, 6.07) is 22.9. The molecule has 1 heterocycles. The van der Waals surface area contributed by atoms with E-state index in [1.807, 2.05) is 48.5 Å². The van der Waals surface area contributed by atoms with Gasteiger partial charge >= 0.3 is 6.03 Å². The van der Waals surface area contributed by atoms with Crippen molar-refractivity contribution >= 4 is 11.7 Å². The van der Waals surface area contributed by atoms with Crippen molar-refractivity contribution in [3.05, 3.63) is 102 Å². The molecule has 2 N–H and O–H groups in total. The summed E-state index contributed by atoms with van der Waals surface area (Å²) in [5, 5.41) is 13.7. The number of halogens is 1. The largest absolute Gasteiger partial charge is 0.418 e. The normalized spacial score (nSPS) is 11.6. The minimum atomic E-state index is -0.746. The highest BCUT2D eigenvalue weighted by Crippen LogP contribution is 2.25. The fourth-order valence-electron chi connectivity index (χ4n) is 2.81. The van der Waals surface area contributed by atoms with E-state index in [1.165, 1.54) is 12.1 Å². The van der Waals surface area contributed by atoms with Gasteiger partial charge in [-0.25, -0.2) is 9.18 Å². The van der Waals surface area contributed by atoms with Crippen LogP contribution < -0.4 is 10.6 Å². The highest BCUT2D eigenvalue weighted by Gasteiger charge is 2.23. The molecule has 7 heteroatoms. The molecule has 0 saturated heterocycles. The number of benzene rings is 3. The number of carbonyl (C=O) groups is 1. The number of aromatic nitrogens is 2. The molecule has 0 fully saturated rings. The average Bonchev–Trinajstić information content (AvgIpc) is 3.24. The van der Waals surface area contributed by atoms with Gasteiger partial charge in [0.1, 0.15) is 11.9 Å². The molecule has 4 aromatic rings. The second kappa shape index (κ2) is 8.35. The smallest absolute Gasteiger partial charge is 0.320 e. The van der Waals surface area contributed by atoms with Gasteiger partial charge in [-0.2, -0.15) is 0 Å². The molecule has 0 spiro atoms. The van der Waals surface area contributed by atoms with Crippen LogP contribution in [0.15, 0.2) is 89.3 Å². The van der Waals surface area contributed by atoms with E-state index in [9.17, 15) is 9.18 Å². The van der Waals surface area contributed by atoms with E-state index in [2.05, 4.69) is 20.8 Å². The lowest BCUT2D eigenvalue weighted by Gasteiger charge is -2.16. The first-order valence-corrected chi connectivity index (χ1v) is 8.96. The molecular weight excluding hydrogens is 371 g/mol. The molecule has 2 amide bonds. The molecule has 1 atom stereocenters. The van der Waals surface area contributed by atoms with Crippen molar-refractivity contribution in [2.24, 2.45) is 0 Å². The third-order valence-corrected chi connectivity index (χ3v) is 4.22. The molecule has 4 rings (SSSR count). The van der Waals surface area contributed by atoms with Gasteiger partial charge in [0, 0.05) is 11.3 Å². The summed E-state index contributed by atoms with van der Waals surface area (Å²) in [6.07, 6.45) is 0. The summed E-state index contributed by atoms with van der Waals surface area (Å²) in [7, 11) is 0. The van der Waals surface area contributed by atoms with Gasteiger partial charge in [-0.15, -0.1) is 10.2 Å². The average molecular weight is 388 g/mol. The van der Waals surface area contributed by atoms with Gasteiger partial charge in [0.25, 0.3) is 0 Å². The van der Waals surface area contributed by atoms with Crippen LogP contribution in [-0.2, 0) is 0 Å². The summed E-state index contributed by atoms with van der Waals surface area (Å²) >= 11 is 0. The van der Waals surface area contributed by atoms with Crippen molar-refractivity contribution in [1.82, 2.24) is 15.5 Å². The number of amides is 2. The molecule has 144 valence electrons. The Morgan fingerprint density at radius 1 is 0.862 bits per heavy atom. The van der Waals surface area contributed by atoms with Crippen LogP contribution in [0.2, 0.25) is 0 Å². The monoisotopic (exact) mass is 388 g/mol. The first kappa shape index (κ1) is 18.4. The topological polar surface area (TPSA) is 80.0 Å². The summed E-state index contributed by atoms with van der Waals surface area (Å²) < 4.78 is 19.2. The van der Waals surface area contributed by atoms with Crippen molar-refractivity contribution in [3.8, 4) is 11.5 Å². The molecule has 0 radical (unpaired) electrons. The zero-order valence-corrected chi connectivity index (χ0v) is 15.2. The van der Waals surface area contributed by atoms with E-state index < -0.39 is 12.1 Å². The number of anilines is 1. The van der Waals surface area contributed by atoms with E-state index >= 15 is 0 Å². The number of nitrogens with zero attached hydrogens (tertiary/aromatic N) is 2. The zero-order valence-electron chi connectivity index (χ0n) is 15.2. The van der Waals surface area contributed by atoms with Crippen LogP contribution in [-0.4, -0.2) is 16.2 Å². The summed E-state index contributed by atoms with van der Waals surface area (Å²) in [4.78, 5) is 12.5. The molecule has 0 aliphatic heterocycles. The third kappa shape index (κ3) is 4.47. The molecule has 0 saturated carbocycles. The molecule has 1 aromatic heterocycles. The predicted molar refractivity (Wildman–Crippen MR) is 107 cm³/mol. The predicted octanol–water partition coefficient (Wildman–Crippen LogP) is 4.79. The molecule has 0 aliphatic carbocycles.